The summed E-state index contributed by atoms with van der Waals surface area (Å²) in [6.07, 6.45) is 4.07. The summed E-state index contributed by atoms with van der Waals surface area (Å²) in [5.74, 6) is 0.204. The lowest BCUT2D eigenvalue weighted by molar-refractivity contribution is -0.118. The quantitative estimate of drug-likeness (QED) is 0.757. The molecule has 1 aromatic rings. The molecule has 21 heavy (non-hydrogen) atoms. The van der Waals surface area contributed by atoms with Crippen LogP contribution < -0.4 is 21.1 Å². The lowest BCUT2D eigenvalue weighted by Crippen LogP contribution is -2.49. The largest absolute Gasteiger partial charge is 0.482 e. The second-order valence-electron chi connectivity index (χ2n) is 5.58. The van der Waals surface area contributed by atoms with E-state index in [2.05, 4.69) is 10.6 Å². The molecular formula is C15H19N3O3. The molecule has 6 nitrogen and oxygen atoms in total. The first-order valence-electron chi connectivity index (χ1n) is 7.26. The van der Waals surface area contributed by atoms with Gasteiger partial charge in [0.25, 0.3) is 11.8 Å². The zero-order valence-electron chi connectivity index (χ0n) is 11.7. The maximum absolute atomic E-state index is 12.3. The second kappa shape index (κ2) is 5.73. The number of amides is 2. The summed E-state index contributed by atoms with van der Waals surface area (Å²) in [6.45, 7) is 0.00940. The van der Waals surface area contributed by atoms with Gasteiger partial charge in [-0.05, 0) is 31.0 Å². The smallest absolute Gasteiger partial charge is 0.262 e. The number of nitrogens with two attached hydrogens (primary N) is 1. The molecule has 1 saturated carbocycles. The summed E-state index contributed by atoms with van der Waals surface area (Å²) >= 11 is 0. The van der Waals surface area contributed by atoms with Crippen LogP contribution in [0.3, 0.4) is 0 Å². The zero-order valence-corrected chi connectivity index (χ0v) is 11.7. The van der Waals surface area contributed by atoms with Gasteiger partial charge >= 0.3 is 0 Å². The van der Waals surface area contributed by atoms with Crippen molar-refractivity contribution in [2.24, 2.45) is 5.73 Å². The van der Waals surface area contributed by atoms with Gasteiger partial charge in [0.2, 0.25) is 0 Å². The fourth-order valence-electron chi connectivity index (χ4n) is 2.81. The van der Waals surface area contributed by atoms with Gasteiger partial charge in [-0.2, -0.15) is 0 Å². The third-order valence-corrected chi connectivity index (χ3v) is 4.01. The molecule has 1 aromatic carbocycles. The number of ether oxygens (including phenoxy) is 1. The molecule has 112 valence electrons. The number of carbonyl (C=O) groups is 2. The molecule has 1 fully saturated rings. The summed E-state index contributed by atoms with van der Waals surface area (Å²) in [5, 5.41) is 5.68. The number of carbonyl (C=O) groups excluding carboxylic acids is 2. The Morgan fingerprint density at radius 2 is 2.14 bits per heavy atom. The molecule has 0 unspecified atom stereocenters. The van der Waals surface area contributed by atoms with Gasteiger partial charge in [0.1, 0.15) is 5.75 Å². The van der Waals surface area contributed by atoms with Crippen LogP contribution in [-0.4, -0.2) is 30.5 Å². The SMILES string of the molecule is N[C@@H]1CCCC[C@H]1NC(=O)c1ccc2c(c1)NC(=O)CO2. The van der Waals surface area contributed by atoms with Crippen molar-refractivity contribution in [2.75, 3.05) is 11.9 Å². The van der Waals surface area contributed by atoms with E-state index in [0.717, 1.165) is 25.7 Å². The summed E-state index contributed by atoms with van der Waals surface area (Å²) < 4.78 is 5.27. The van der Waals surface area contributed by atoms with E-state index in [9.17, 15) is 9.59 Å². The van der Waals surface area contributed by atoms with E-state index in [0.29, 0.717) is 17.0 Å². The highest BCUT2D eigenvalue weighted by Gasteiger charge is 2.24. The van der Waals surface area contributed by atoms with Gasteiger partial charge < -0.3 is 21.1 Å². The first-order chi connectivity index (χ1) is 10.1. The van der Waals surface area contributed by atoms with Crippen LogP contribution >= 0.6 is 0 Å². The number of hydrogen-bond donors (Lipinski definition) is 3. The minimum absolute atomic E-state index is 0.00940. The molecular weight excluding hydrogens is 270 g/mol. The Morgan fingerprint density at radius 1 is 1.33 bits per heavy atom. The molecule has 1 heterocycles. The first kappa shape index (κ1) is 13.9. The highest BCUT2D eigenvalue weighted by Crippen LogP contribution is 2.28. The van der Waals surface area contributed by atoms with Crippen molar-refractivity contribution in [3.05, 3.63) is 23.8 Å². The number of benzene rings is 1. The molecule has 0 radical (unpaired) electrons. The van der Waals surface area contributed by atoms with Gasteiger partial charge in [-0.15, -0.1) is 0 Å². The van der Waals surface area contributed by atoms with E-state index in [1.165, 1.54) is 0 Å². The normalized spacial score (nSPS) is 24.5. The summed E-state index contributed by atoms with van der Waals surface area (Å²) in [5.41, 5.74) is 7.07. The predicted molar refractivity (Wildman–Crippen MR) is 78.3 cm³/mol. The first-order valence-corrected chi connectivity index (χ1v) is 7.26. The molecule has 6 heteroatoms. The van der Waals surface area contributed by atoms with Crippen LogP contribution in [0.2, 0.25) is 0 Å². The van der Waals surface area contributed by atoms with Gasteiger partial charge in [0.05, 0.1) is 5.69 Å². The minimum atomic E-state index is -0.214. The van der Waals surface area contributed by atoms with Crippen molar-refractivity contribution in [3.63, 3.8) is 0 Å². The molecule has 2 aliphatic rings. The van der Waals surface area contributed by atoms with Crippen LogP contribution in [0.25, 0.3) is 0 Å². The van der Waals surface area contributed by atoms with E-state index >= 15 is 0 Å². The van der Waals surface area contributed by atoms with Crippen LogP contribution in [0, 0.1) is 0 Å². The zero-order chi connectivity index (χ0) is 14.8. The van der Waals surface area contributed by atoms with Crippen molar-refractivity contribution in [1.29, 1.82) is 0 Å². The molecule has 1 aliphatic heterocycles. The van der Waals surface area contributed by atoms with Gasteiger partial charge in [-0.1, -0.05) is 12.8 Å². The van der Waals surface area contributed by atoms with E-state index in [1.54, 1.807) is 18.2 Å². The Balaban J connectivity index is 1.72. The Bertz CT molecular complexity index is 573. The molecule has 0 spiro atoms. The maximum atomic E-state index is 12.3. The number of anilines is 1. The average molecular weight is 289 g/mol. The average Bonchev–Trinajstić information content (AvgIpc) is 2.48. The van der Waals surface area contributed by atoms with Crippen LogP contribution in [0.1, 0.15) is 36.0 Å². The van der Waals surface area contributed by atoms with Crippen molar-refractivity contribution in [1.82, 2.24) is 5.32 Å². The Labute approximate surface area is 123 Å². The molecule has 4 N–H and O–H groups in total. The lowest BCUT2D eigenvalue weighted by Gasteiger charge is -2.29. The third-order valence-electron chi connectivity index (χ3n) is 4.01. The van der Waals surface area contributed by atoms with Crippen molar-refractivity contribution < 1.29 is 14.3 Å². The monoisotopic (exact) mass is 289 g/mol. The molecule has 0 saturated heterocycles. The van der Waals surface area contributed by atoms with Crippen LogP contribution in [0.4, 0.5) is 5.69 Å². The Morgan fingerprint density at radius 3 is 2.95 bits per heavy atom. The van der Waals surface area contributed by atoms with Gasteiger partial charge in [0, 0.05) is 17.6 Å². The van der Waals surface area contributed by atoms with E-state index < -0.39 is 0 Å². The predicted octanol–water partition coefficient (Wildman–Crippen LogP) is 1.02. The van der Waals surface area contributed by atoms with E-state index in [4.69, 9.17) is 10.5 Å². The minimum Gasteiger partial charge on any atom is -0.482 e. The lowest BCUT2D eigenvalue weighted by atomic mass is 9.91. The number of rotatable bonds is 2. The maximum Gasteiger partial charge on any atom is 0.262 e. The molecule has 2 atom stereocenters. The van der Waals surface area contributed by atoms with Gasteiger partial charge in [-0.25, -0.2) is 0 Å². The molecule has 2 amide bonds. The second-order valence-corrected chi connectivity index (χ2v) is 5.58. The standard InChI is InChI=1S/C15H19N3O3/c16-10-3-1-2-4-11(10)18-15(20)9-5-6-13-12(7-9)17-14(19)8-21-13/h5-7,10-11H,1-4,8,16H2,(H,17,19)(H,18,20)/t10-,11-/m1/s1. The highest BCUT2D eigenvalue weighted by molar-refractivity contribution is 5.99. The number of fused-ring (bicyclic) bond motifs is 1. The van der Waals surface area contributed by atoms with Crippen LogP contribution in [-0.2, 0) is 4.79 Å². The van der Waals surface area contributed by atoms with Crippen LogP contribution in [0.5, 0.6) is 5.75 Å². The Kier molecular flexibility index (Phi) is 3.79. The fraction of sp³-hybridized carbons (Fsp3) is 0.467. The third kappa shape index (κ3) is 3.00. The van der Waals surface area contributed by atoms with E-state index in [-0.39, 0.29) is 30.5 Å². The topological polar surface area (TPSA) is 93.5 Å². The number of nitrogens with one attached hydrogen (secondary N) is 2. The highest BCUT2D eigenvalue weighted by atomic mass is 16.5. The summed E-state index contributed by atoms with van der Waals surface area (Å²) in [6, 6.07) is 5.07. The van der Waals surface area contributed by atoms with Crippen molar-refractivity contribution in [3.8, 4) is 5.75 Å². The number of hydrogen-bond acceptors (Lipinski definition) is 4. The fourth-order valence-corrected chi connectivity index (χ4v) is 2.81. The summed E-state index contributed by atoms with van der Waals surface area (Å²) in [7, 11) is 0. The summed E-state index contributed by atoms with van der Waals surface area (Å²) in [4.78, 5) is 23.6. The molecule has 3 rings (SSSR count). The Hall–Kier alpha value is -2.08. The molecule has 0 bridgehead atoms. The van der Waals surface area contributed by atoms with Gasteiger partial charge in [-0.3, -0.25) is 9.59 Å². The van der Waals surface area contributed by atoms with E-state index in [1.807, 2.05) is 0 Å². The molecule has 1 aliphatic carbocycles. The van der Waals surface area contributed by atoms with Crippen molar-refractivity contribution >= 4 is 17.5 Å². The molecule has 0 aromatic heterocycles. The van der Waals surface area contributed by atoms with Gasteiger partial charge in [0.15, 0.2) is 6.61 Å². The van der Waals surface area contributed by atoms with Crippen molar-refractivity contribution in [2.45, 2.75) is 37.8 Å². The van der Waals surface area contributed by atoms with Crippen LogP contribution in [0.15, 0.2) is 18.2 Å².